The summed E-state index contributed by atoms with van der Waals surface area (Å²) in [5.41, 5.74) is 0.962. The number of anilines is 1. The normalized spacial score (nSPS) is 22.0. The summed E-state index contributed by atoms with van der Waals surface area (Å²) in [7, 11) is -3.19. The van der Waals surface area contributed by atoms with Crippen molar-refractivity contribution in [2.45, 2.75) is 6.42 Å². The zero-order valence-electron chi connectivity index (χ0n) is 13.5. The second-order valence-electron chi connectivity index (χ2n) is 6.11. The van der Waals surface area contributed by atoms with Crippen LogP contribution in [0.1, 0.15) is 12.0 Å². The number of nitriles is 1. The predicted molar refractivity (Wildman–Crippen MR) is 91.1 cm³/mol. The molecule has 0 aromatic heterocycles. The van der Waals surface area contributed by atoms with E-state index in [0.29, 0.717) is 24.3 Å². The number of carbonyl (C=O) groups excluding carboxylic acids is 2. The summed E-state index contributed by atoms with van der Waals surface area (Å²) in [6.45, 7) is 0.595. The molecule has 1 saturated heterocycles. The molecule has 1 atom stereocenters. The second kappa shape index (κ2) is 6.69. The first kappa shape index (κ1) is 17.2. The van der Waals surface area contributed by atoms with Gasteiger partial charge in [0.2, 0.25) is 11.8 Å². The van der Waals surface area contributed by atoms with Crippen molar-refractivity contribution in [1.29, 1.82) is 5.26 Å². The number of rotatable bonds is 3. The van der Waals surface area contributed by atoms with Crippen LogP contribution in [0, 0.1) is 17.2 Å². The van der Waals surface area contributed by atoms with Gasteiger partial charge in [-0.3, -0.25) is 9.59 Å². The third-order valence-corrected chi connectivity index (χ3v) is 5.79. The Morgan fingerprint density at radius 3 is 2.68 bits per heavy atom. The molecule has 2 heterocycles. The molecule has 8 heteroatoms. The van der Waals surface area contributed by atoms with E-state index in [1.165, 1.54) is 15.9 Å². The Hall–Kier alpha value is -2.66. The Morgan fingerprint density at radius 1 is 1.28 bits per heavy atom. The second-order valence-corrected chi connectivity index (χ2v) is 8.04. The van der Waals surface area contributed by atoms with Gasteiger partial charge in [0.1, 0.15) is 12.6 Å². The Bertz CT molecular complexity index is 885. The van der Waals surface area contributed by atoms with Gasteiger partial charge in [-0.15, -0.1) is 0 Å². The summed E-state index contributed by atoms with van der Waals surface area (Å²) in [5, 5.41) is 10.3. The molecular weight excluding hydrogens is 342 g/mol. The Labute approximate surface area is 146 Å². The molecule has 1 unspecified atom stereocenters. The number of sulfone groups is 1. The average molecular weight is 359 g/mol. The van der Waals surface area contributed by atoms with E-state index in [1.807, 2.05) is 0 Å². The number of piperazine rings is 1. The molecule has 1 aromatic rings. The highest BCUT2D eigenvalue weighted by Crippen LogP contribution is 2.23. The van der Waals surface area contributed by atoms with Gasteiger partial charge < -0.3 is 9.80 Å². The van der Waals surface area contributed by atoms with Crippen molar-refractivity contribution in [2.24, 2.45) is 5.92 Å². The highest BCUT2D eigenvalue weighted by atomic mass is 32.2. The van der Waals surface area contributed by atoms with Crippen molar-refractivity contribution in [2.75, 3.05) is 30.3 Å². The van der Waals surface area contributed by atoms with Gasteiger partial charge in [0.05, 0.1) is 17.0 Å². The van der Waals surface area contributed by atoms with Crippen LogP contribution in [0.4, 0.5) is 5.69 Å². The molecule has 130 valence electrons. The van der Waals surface area contributed by atoms with E-state index < -0.39 is 9.84 Å². The van der Waals surface area contributed by atoms with Crippen molar-refractivity contribution in [1.82, 2.24) is 4.90 Å². The first-order chi connectivity index (χ1) is 11.9. The van der Waals surface area contributed by atoms with E-state index in [0.717, 1.165) is 5.41 Å². The smallest absolute Gasteiger partial charge is 0.246 e. The maximum Gasteiger partial charge on any atom is 0.246 e. The monoisotopic (exact) mass is 359 g/mol. The highest BCUT2D eigenvalue weighted by Gasteiger charge is 2.31. The summed E-state index contributed by atoms with van der Waals surface area (Å²) >= 11 is 0. The van der Waals surface area contributed by atoms with Crippen molar-refractivity contribution >= 4 is 27.3 Å². The predicted octanol–water partition coefficient (Wildman–Crippen LogP) is 0.682. The molecule has 0 saturated carbocycles. The van der Waals surface area contributed by atoms with Crippen molar-refractivity contribution in [3.63, 3.8) is 0 Å². The van der Waals surface area contributed by atoms with Crippen LogP contribution in [0.2, 0.25) is 0 Å². The first-order valence-electron chi connectivity index (χ1n) is 7.88. The van der Waals surface area contributed by atoms with E-state index in [2.05, 4.69) is 6.07 Å². The lowest BCUT2D eigenvalue weighted by Gasteiger charge is -2.35. The number of benzene rings is 1. The summed E-state index contributed by atoms with van der Waals surface area (Å²) in [5.74, 6) is -0.863. The van der Waals surface area contributed by atoms with Crippen LogP contribution >= 0.6 is 0 Å². The van der Waals surface area contributed by atoms with Crippen LogP contribution in [0.25, 0.3) is 0 Å². The Kier molecular flexibility index (Phi) is 4.59. The standard InChI is InChI=1S/C17H17N3O4S/c18-10-14-3-1-2-4-15(14)20-7-6-19(11-17(20)22)16(21)9-13-5-8-25(23,24)12-13/h1-5,8,13H,6-7,9,11-12H2. The first-order valence-corrected chi connectivity index (χ1v) is 9.59. The number of hydrogen-bond acceptors (Lipinski definition) is 5. The quantitative estimate of drug-likeness (QED) is 0.790. The minimum Gasteiger partial charge on any atom is -0.332 e. The number of nitrogens with zero attached hydrogens (tertiary/aromatic N) is 3. The number of hydrogen-bond donors (Lipinski definition) is 0. The fourth-order valence-corrected chi connectivity index (χ4v) is 4.46. The molecule has 7 nitrogen and oxygen atoms in total. The van der Waals surface area contributed by atoms with Crippen LogP contribution in [0.15, 0.2) is 35.7 Å². The van der Waals surface area contributed by atoms with Gasteiger partial charge in [-0.25, -0.2) is 8.42 Å². The lowest BCUT2D eigenvalue weighted by atomic mass is 10.1. The fraction of sp³-hybridized carbons (Fsp3) is 0.353. The average Bonchev–Trinajstić information content (AvgIpc) is 2.93. The zero-order chi connectivity index (χ0) is 18.0. The Morgan fingerprint density at radius 2 is 2.04 bits per heavy atom. The molecule has 0 bridgehead atoms. The molecule has 0 aliphatic carbocycles. The van der Waals surface area contributed by atoms with E-state index in [1.54, 1.807) is 24.3 Å². The highest BCUT2D eigenvalue weighted by molar-refractivity contribution is 7.94. The third-order valence-electron chi connectivity index (χ3n) is 4.33. The maximum absolute atomic E-state index is 12.4. The van der Waals surface area contributed by atoms with Gasteiger partial charge in [-0.2, -0.15) is 5.26 Å². The van der Waals surface area contributed by atoms with Crippen LogP contribution < -0.4 is 4.90 Å². The summed E-state index contributed by atoms with van der Waals surface area (Å²) in [6, 6.07) is 8.91. The van der Waals surface area contributed by atoms with Gasteiger partial charge in [-0.05, 0) is 12.1 Å². The summed E-state index contributed by atoms with van der Waals surface area (Å²) in [4.78, 5) is 27.7. The molecule has 1 fully saturated rings. The number of amides is 2. The zero-order valence-corrected chi connectivity index (χ0v) is 14.3. The minimum absolute atomic E-state index is 0.0534. The number of allylic oxidation sites excluding steroid dienone is 1. The van der Waals surface area contributed by atoms with E-state index in [9.17, 15) is 18.0 Å². The van der Waals surface area contributed by atoms with Gasteiger partial charge in [0.25, 0.3) is 0 Å². The Balaban J connectivity index is 1.64. The molecule has 2 amide bonds. The largest absolute Gasteiger partial charge is 0.332 e. The summed E-state index contributed by atoms with van der Waals surface area (Å²) < 4.78 is 22.8. The maximum atomic E-state index is 12.4. The van der Waals surface area contributed by atoms with Crippen molar-refractivity contribution < 1.29 is 18.0 Å². The molecule has 25 heavy (non-hydrogen) atoms. The fourth-order valence-electron chi connectivity index (χ4n) is 3.07. The number of para-hydroxylation sites is 1. The molecule has 2 aliphatic rings. The summed E-state index contributed by atoms with van der Waals surface area (Å²) in [6.07, 6.45) is 1.62. The SMILES string of the molecule is N#Cc1ccccc1N1CCN(C(=O)CC2C=CS(=O)(=O)C2)CC1=O. The van der Waals surface area contributed by atoms with Crippen LogP contribution in [-0.2, 0) is 19.4 Å². The van der Waals surface area contributed by atoms with Gasteiger partial charge in [-0.1, -0.05) is 18.2 Å². The van der Waals surface area contributed by atoms with Crippen molar-refractivity contribution in [3.05, 3.63) is 41.3 Å². The lowest BCUT2D eigenvalue weighted by molar-refractivity contribution is -0.137. The molecule has 3 rings (SSSR count). The molecular formula is C17H17N3O4S. The van der Waals surface area contributed by atoms with Gasteiger partial charge >= 0.3 is 0 Å². The van der Waals surface area contributed by atoms with Crippen LogP contribution in [-0.4, -0.2) is 50.5 Å². The lowest BCUT2D eigenvalue weighted by Crippen LogP contribution is -2.52. The van der Waals surface area contributed by atoms with Crippen LogP contribution in [0.5, 0.6) is 0 Å². The molecule has 0 N–H and O–H groups in total. The molecule has 0 spiro atoms. The van der Waals surface area contributed by atoms with Crippen molar-refractivity contribution in [3.8, 4) is 6.07 Å². The topological polar surface area (TPSA) is 98.5 Å². The van der Waals surface area contributed by atoms with Crippen LogP contribution in [0.3, 0.4) is 0 Å². The number of carbonyl (C=O) groups is 2. The van der Waals surface area contributed by atoms with E-state index in [-0.39, 0.29) is 36.5 Å². The molecule has 2 aliphatic heterocycles. The van der Waals surface area contributed by atoms with E-state index in [4.69, 9.17) is 5.26 Å². The van der Waals surface area contributed by atoms with Gasteiger partial charge in [0, 0.05) is 30.8 Å². The third kappa shape index (κ3) is 3.72. The molecule has 1 aromatic carbocycles. The molecule has 0 radical (unpaired) electrons. The van der Waals surface area contributed by atoms with E-state index >= 15 is 0 Å². The van der Waals surface area contributed by atoms with Gasteiger partial charge in [0.15, 0.2) is 9.84 Å². The minimum atomic E-state index is -3.19.